The van der Waals surface area contributed by atoms with Gasteiger partial charge in [-0.3, -0.25) is 37.3 Å². The van der Waals surface area contributed by atoms with Crippen LogP contribution in [-0.2, 0) is 65.4 Å². The maximum atomic E-state index is 13.0. The maximum Gasteiger partial charge on any atom is 0.472 e. The van der Waals surface area contributed by atoms with Crippen molar-refractivity contribution in [1.82, 2.24) is 0 Å². The van der Waals surface area contributed by atoms with Gasteiger partial charge >= 0.3 is 39.5 Å². The number of phosphoric acid groups is 2. The number of carbonyl (C=O) groups excluding carboxylic acids is 4. The lowest BCUT2D eigenvalue weighted by molar-refractivity contribution is -0.161. The lowest BCUT2D eigenvalue weighted by Crippen LogP contribution is -2.30. The van der Waals surface area contributed by atoms with Gasteiger partial charge in [0.05, 0.1) is 26.4 Å². The van der Waals surface area contributed by atoms with Gasteiger partial charge in [-0.15, -0.1) is 0 Å². The van der Waals surface area contributed by atoms with Gasteiger partial charge in [0.1, 0.15) is 19.3 Å². The number of unbranched alkanes of at least 4 members (excludes halogenated alkanes) is 41. The standard InChI is InChI=1S/C72H140O17P2/c1-7-9-11-13-15-16-31-38-44-50-56-71(76)88-67(60-82-69(74)54-48-42-34-14-12-10-8-2)62-86-90(78,79)84-58-66(73)59-85-91(80,81)87-63-68(61-83-70(75)55-49-43-37-32-27-24-23-26-30-36-41-47-53-65(5)6)89-72(77)57-51-45-39-33-28-22-20-18-17-19-21-25-29-35-40-46-52-64(3)4/h64-68,73H,7-63H2,1-6H3,(H,78,79)(H,80,81)/t66-,67+,68+/m0/s1. The molecule has 91 heavy (non-hydrogen) atoms. The largest absolute Gasteiger partial charge is 0.472 e. The van der Waals surface area contributed by atoms with Crippen molar-refractivity contribution in [3.05, 3.63) is 0 Å². The second-order valence-electron chi connectivity index (χ2n) is 26.9. The molecule has 17 nitrogen and oxygen atoms in total. The summed E-state index contributed by atoms with van der Waals surface area (Å²) in [7, 11) is -9.90. The minimum atomic E-state index is -4.95. The minimum absolute atomic E-state index is 0.106. The summed E-state index contributed by atoms with van der Waals surface area (Å²) in [6.45, 7) is 9.56. The number of phosphoric ester groups is 2. The number of ether oxygens (including phenoxy) is 4. The summed E-state index contributed by atoms with van der Waals surface area (Å²) >= 11 is 0. The topological polar surface area (TPSA) is 237 Å². The highest BCUT2D eigenvalue weighted by molar-refractivity contribution is 7.47. The van der Waals surface area contributed by atoms with Crippen LogP contribution >= 0.6 is 15.6 Å². The zero-order valence-electron chi connectivity index (χ0n) is 59.1. The van der Waals surface area contributed by atoms with E-state index in [0.29, 0.717) is 25.7 Å². The van der Waals surface area contributed by atoms with Crippen molar-refractivity contribution >= 4 is 39.5 Å². The first-order valence-electron chi connectivity index (χ1n) is 37.5. The fraction of sp³-hybridized carbons (Fsp3) is 0.944. The number of rotatable bonds is 71. The van der Waals surface area contributed by atoms with E-state index in [0.717, 1.165) is 115 Å². The summed E-state index contributed by atoms with van der Waals surface area (Å²) in [4.78, 5) is 72.4. The zero-order chi connectivity index (χ0) is 67.2. The van der Waals surface area contributed by atoms with Crippen molar-refractivity contribution in [2.75, 3.05) is 39.6 Å². The van der Waals surface area contributed by atoms with Crippen LogP contribution in [0.3, 0.4) is 0 Å². The summed E-state index contributed by atoms with van der Waals surface area (Å²) < 4.78 is 68.2. The molecule has 0 aromatic heterocycles. The van der Waals surface area contributed by atoms with Gasteiger partial charge in [-0.2, -0.15) is 0 Å². The highest BCUT2D eigenvalue weighted by Crippen LogP contribution is 2.45. The number of aliphatic hydroxyl groups excluding tert-OH is 1. The van der Waals surface area contributed by atoms with Crippen molar-refractivity contribution < 1.29 is 80.2 Å². The second-order valence-corrected chi connectivity index (χ2v) is 29.8. The van der Waals surface area contributed by atoms with Crippen LogP contribution in [0.2, 0.25) is 0 Å². The minimum Gasteiger partial charge on any atom is -0.462 e. The number of aliphatic hydroxyl groups is 1. The van der Waals surface area contributed by atoms with Crippen LogP contribution in [0.5, 0.6) is 0 Å². The van der Waals surface area contributed by atoms with E-state index in [1.54, 1.807) is 0 Å². The van der Waals surface area contributed by atoms with Crippen molar-refractivity contribution in [2.24, 2.45) is 11.8 Å². The summed E-state index contributed by atoms with van der Waals surface area (Å²) in [6.07, 6.45) is 50.1. The molecular weight excluding hydrogens is 1200 g/mol. The molecule has 0 aromatic carbocycles. The molecule has 0 aliphatic heterocycles. The average Bonchev–Trinajstić information content (AvgIpc) is 3.35. The van der Waals surface area contributed by atoms with Gasteiger partial charge in [0.15, 0.2) is 12.2 Å². The predicted molar refractivity (Wildman–Crippen MR) is 368 cm³/mol. The van der Waals surface area contributed by atoms with Crippen molar-refractivity contribution in [3.63, 3.8) is 0 Å². The molecule has 19 heteroatoms. The molecule has 0 saturated carbocycles. The van der Waals surface area contributed by atoms with Gasteiger partial charge in [0, 0.05) is 25.7 Å². The predicted octanol–water partition coefficient (Wildman–Crippen LogP) is 20.8. The Balaban J connectivity index is 5.18. The smallest absolute Gasteiger partial charge is 0.462 e. The Hall–Kier alpha value is -1.94. The summed E-state index contributed by atoms with van der Waals surface area (Å²) in [5.41, 5.74) is 0. The van der Waals surface area contributed by atoms with Gasteiger partial charge in [-0.1, -0.05) is 318 Å². The Morgan fingerprint density at radius 1 is 0.297 bits per heavy atom. The second kappa shape index (κ2) is 64.1. The van der Waals surface area contributed by atoms with E-state index < -0.39 is 97.5 Å². The molecule has 0 heterocycles. The third kappa shape index (κ3) is 66.5. The highest BCUT2D eigenvalue weighted by atomic mass is 31.2. The number of esters is 4. The fourth-order valence-electron chi connectivity index (χ4n) is 10.9. The summed E-state index contributed by atoms with van der Waals surface area (Å²) in [6, 6.07) is 0. The molecule has 540 valence electrons. The highest BCUT2D eigenvalue weighted by Gasteiger charge is 2.30. The molecule has 0 bridgehead atoms. The molecule has 0 aliphatic rings. The third-order valence-electron chi connectivity index (χ3n) is 16.7. The van der Waals surface area contributed by atoms with Gasteiger partial charge in [-0.05, 0) is 37.5 Å². The molecule has 2 unspecified atom stereocenters. The molecular formula is C72H140O17P2. The third-order valence-corrected chi connectivity index (χ3v) is 18.6. The average molecular weight is 1340 g/mol. The first-order chi connectivity index (χ1) is 43.9. The van der Waals surface area contributed by atoms with Gasteiger partial charge < -0.3 is 33.8 Å². The lowest BCUT2D eigenvalue weighted by atomic mass is 10.0. The molecule has 0 saturated heterocycles. The van der Waals surface area contributed by atoms with Crippen molar-refractivity contribution in [1.29, 1.82) is 0 Å². The Labute approximate surface area is 556 Å². The molecule has 0 fully saturated rings. The van der Waals surface area contributed by atoms with Crippen LogP contribution in [0.1, 0.15) is 369 Å². The zero-order valence-corrected chi connectivity index (χ0v) is 60.9. The Morgan fingerprint density at radius 3 is 0.747 bits per heavy atom. The molecule has 0 spiro atoms. The molecule has 0 aromatic rings. The molecule has 0 aliphatic carbocycles. The summed E-state index contributed by atoms with van der Waals surface area (Å²) in [5, 5.41) is 10.6. The molecule has 0 amide bonds. The van der Waals surface area contributed by atoms with Crippen molar-refractivity contribution in [2.45, 2.75) is 387 Å². The van der Waals surface area contributed by atoms with Gasteiger partial charge in [-0.25, -0.2) is 9.13 Å². The molecule has 0 radical (unpaired) electrons. The van der Waals surface area contributed by atoms with Crippen molar-refractivity contribution in [3.8, 4) is 0 Å². The number of hydrogen-bond donors (Lipinski definition) is 3. The fourth-order valence-corrected chi connectivity index (χ4v) is 12.5. The first-order valence-corrected chi connectivity index (χ1v) is 40.5. The van der Waals surface area contributed by atoms with Gasteiger partial charge in [0.2, 0.25) is 0 Å². The lowest BCUT2D eigenvalue weighted by Gasteiger charge is -2.21. The Kier molecular flexibility index (Phi) is 62.7. The van der Waals surface area contributed by atoms with Crippen LogP contribution in [-0.4, -0.2) is 96.7 Å². The van der Waals surface area contributed by atoms with Crippen LogP contribution < -0.4 is 0 Å². The molecule has 5 atom stereocenters. The maximum absolute atomic E-state index is 13.0. The Morgan fingerprint density at radius 2 is 0.505 bits per heavy atom. The molecule has 3 N–H and O–H groups in total. The quantitative estimate of drug-likeness (QED) is 0.0222. The van der Waals surface area contributed by atoms with Crippen LogP contribution in [0, 0.1) is 11.8 Å². The van der Waals surface area contributed by atoms with Crippen LogP contribution in [0.4, 0.5) is 0 Å². The van der Waals surface area contributed by atoms with E-state index in [1.165, 1.54) is 173 Å². The van der Waals surface area contributed by atoms with E-state index in [1.807, 2.05) is 0 Å². The molecule has 0 rings (SSSR count). The van der Waals surface area contributed by atoms with E-state index in [-0.39, 0.29) is 25.7 Å². The van der Waals surface area contributed by atoms with E-state index in [9.17, 15) is 43.2 Å². The first kappa shape index (κ1) is 89.1. The van der Waals surface area contributed by atoms with E-state index in [2.05, 4.69) is 41.5 Å². The number of hydrogen-bond acceptors (Lipinski definition) is 15. The van der Waals surface area contributed by atoms with E-state index in [4.69, 9.17) is 37.0 Å². The summed E-state index contributed by atoms with van der Waals surface area (Å²) in [5.74, 6) is -0.535. The Bertz CT molecular complexity index is 1770. The van der Waals surface area contributed by atoms with Crippen LogP contribution in [0.15, 0.2) is 0 Å². The normalized spacial score (nSPS) is 14.1. The van der Waals surface area contributed by atoms with E-state index >= 15 is 0 Å². The monoisotopic (exact) mass is 1340 g/mol. The van der Waals surface area contributed by atoms with Gasteiger partial charge in [0.25, 0.3) is 0 Å². The SMILES string of the molecule is CCCCCCCCCCCCC(=O)O[C@H](COC(=O)CCCCCCCCC)COP(=O)(O)OC[C@H](O)COP(=O)(O)OC[C@@H](COC(=O)CCCCCCCCCCCCCCC(C)C)OC(=O)CCCCCCCCCCCCCCCCCCC(C)C. The number of carbonyl (C=O) groups is 4. The van der Waals surface area contributed by atoms with Crippen LogP contribution in [0.25, 0.3) is 0 Å².